The first-order valence-corrected chi connectivity index (χ1v) is 9.51. The van der Waals surface area contributed by atoms with Crippen LogP contribution in [0.3, 0.4) is 0 Å². The molecule has 1 saturated heterocycles. The molecule has 0 radical (unpaired) electrons. The Hall–Kier alpha value is -2.54. The van der Waals surface area contributed by atoms with Crippen molar-refractivity contribution in [2.75, 3.05) is 18.0 Å². The number of halogens is 1. The fraction of sp³-hybridized carbons (Fsp3) is 0.421. The third-order valence-corrected chi connectivity index (χ3v) is 5.62. The molecule has 1 aromatic carbocycles. The Bertz CT molecular complexity index is 1120. The molecule has 0 N–H and O–H groups in total. The van der Waals surface area contributed by atoms with E-state index in [1.165, 1.54) is 18.0 Å². The minimum absolute atomic E-state index is 0.337. The van der Waals surface area contributed by atoms with Gasteiger partial charge in [0.2, 0.25) is 5.95 Å². The summed E-state index contributed by atoms with van der Waals surface area (Å²) < 4.78 is 4.48. The van der Waals surface area contributed by atoms with Crippen LogP contribution >= 0.6 is 11.6 Å². The number of anilines is 1. The third kappa shape index (κ3) is 2.96. The lowest BCUT2D eigenvalue weighted by atomic mass is 10.1. The van der Waals surface area contributed by atoms with Gasteiger partial charge >= 0.3 is 5.69 Å². The summed E-state index contributed by atoms with van der Waals surface area (Å²) in [6.07, 6.45) is 3.37. The molecule has 1 fully saturated rings. The van der Waals surface area contributed by atoms with Crippen molar-refractivity contribution in [3.05, 3.63) is 55.7 Å². The van der Waals surface area contributed by atoms with Gasteiger partial charge in [-0.25, -0.2) is 4.79 Å². The lowest BCUT2D eigenvalue weighted by Gasteiger charge is -2.28. The fourth-order valence-corrected chi connectivity index (χ4v) is 3.91. The number of fused-ring (bicyclic) bond motifs is 1. The molecule has 0 aliphatic carbocycles. The van der Waals surface area contributed by atoms with E-state index in [0.29, 0.717) is 22.7 Å². The standard InChI is InChI=1S/C19H22ClN5O2/c1-22-16-15(17(26)23(2)19(22)27)25(12-13-8-4-5-9-14(13)20)18(21-16)24-10-6-3-7-11-24/h4-5,8-9H,3,6-7,10-12H2,1-2H3. The topological polar surface area (TPSA) is 65.1 Å². The molecule has 142 valence electrons. The second-order valence-electron chi connectivity index (χ2n) is 7.02. The quantitative estimate of drug-likeness (QED) is 0.690. The van der Waals surface area contributed by atoms with Gasteiger partial charge in [-0.05, 0) is 30.9 Å². The summed E-state index contributed by atoms with van der Waals surface area (Å²) in [4.78, 5) is 32.2. The third-order valence-electron chi connectivity index (χ3n) is 5.25. The van der Waals surface area contributed by atoms with Gasteiger partial charge in [0.25, 0.3) is 5.56 Å². The van der Waals surface area contributed by atoms with E-state index in [2.05, 4.69) is 4.90 Å². The number of aromatic nitrogens is 4. The zero-order valence-electron chi connectivity index (χ0n) is 15.5. The van der Waals surface area contributed by atoms with Crippen LogP contribution in [0.25, 0.3) is 11.2 Å². The Balaban J connectivity index is 1.99. The van der Waals surface area contributed by atoms with Crippen molar-refractivity contribution >= 4 is 28.7 Å². The van der Waals surface area contributed by atoms with E-state index < -0.39 is 0 Å². The maximum Gasteiger partial charge on any atom is 0.332 e. The molecule has 2 aromatic heterocycles. The second kappa shape index (κ2) is 6.88. The van der Waals surface area contributed by atoms with Crippen LogP contribution in [0.5, 0.6) is 0 Å². The van der Waals surface area contributed by atoms with E-state index in [0.717, 1.165) is 42.0 Å². The number of piperidine rings is 1. The molecule has 1 aliphatic heterocycles. The van der Waals surface area contributed by atoms with Crippen LogP contribution in [0.4, 0.5) is 5.95 Å². The van der Waals surface area contributed by atoms with Gasteiger partial charge < -0.3 is 4.90 Å². The number of rotatable bonds is 3. The Kier molecular flexibility index (Phi) is 4.55. The fourth-order valence-electron chi connectivity index (χ4n) is 3.72. The van der Waals surface area contributed by atoms with E-state index in [4.69, 9.17) is 16.6 Å². The molecule has 0 amide bonds. The largest absolute Gasteiger partial charge is 0.342 e. The SMILES string of the molecule is Cn1c(=O)c2c(nc(N3CCCCC3)n2Cc2ccccc2Cl)n(C)c1=O. The van der Waals surface area contributed by atoms with Crippen LogP contribution in [0, 0.1) is 0 Å². The maximum atomic E-state index is 12.9. The summed E-state index contributed by atoms with van der Waals surface area (Å²) in [6, 6.07) is 7.59. The van der Waals surface area contributed by atoms with Crippen molar-refractivity contribution in [1.29, 1.82) is 0 Å². The van der Waals surface area contributed by atoms with E-state index in [1.54, 1.807) is 7.05 Å². The first-order chi connectivity index (χ1) is 13.0. The average Bonchev–Trinajstić information content (AvgIpc) is 3.06. The molecule has 1 aliphatic rings. The Morgan fingerprint density at radius 3 is 2.44 bits per heavy atom. The zero-order valence-corrected chi connectivity index (χ0v) is 16.2. The highest BCUT2D eigenvalue weighted by atomic mass is 35.5. The molecular weight excluding hydrogens is 366 g/mol. The molecule has 4 rings (SSSR count). The van der Waals surface area contributed by atoms with Gasteiger partial charge in [0.1, 0.15) is 0 Å². The lowest BCUT2D eigenvalue weighted by Crippen LogP contribution is -2.37. The summed E-state index contributed by atoms with van der Waals surface area (Å²) in [5.74, 6) is 0.725. The van der Waals surface area contributed by atoms with Gasteiger partial charge in [-0.3, -0.25) is 18.5 Å². The number of benzene rings is 1. The Morgan fingerprint density at radius 2 is 1.74 bits per heavy atom. The minimum atomic E-state index is -0.375. The first-order valence-electron chi connectivity index (χ1n) is 9.13. The molecule has 0 unspecified atom stereocenters. The highest BCUT2D eigenvalue weighted by molar-refractivity contribution is 6.31. The predicted octanol–water partition coefficient (Wildman–Crippen LogP) is 2.13. The normalized spacial score (nSPS) is 14.9. The van der Waals surface area contributed by atoms with Gasteiger partial charge in [-0.2, -0.15) is 4.98 Å². The molecule has 27 heavy (non-hydrogen) atoms. The first kappa shape index (κ1) is 17.9. The minimum Gasteiger partial charge on any atom is -0.342 e. The second-order valence-corrected chi connectivity index (χ2v) is 7.42. The number of imidazole rings is 1. The van der Waals surface area contributed by atoms with Crippen LogP contribution in [-0.2, 0) is 20.6 Å². The molecule has 7 nitrogen and oxygen atoms in total. The monoisotopic (exact) mass is 387 g/mol. The molecule has 8 heteroatoms. The molecule has 0 saturated carbocycles. The number of hydrogen-bond acceptors (Lipinski definition) is 4. The van der Waals surface area contributed by atoms with Crippen molar-refractivity contribution in [1.82, 2.24) is 18.7 Å². The Labute approximate surface area is 161 Å². The van der Waals surface area contributed by atoms with Crippen LogP contribution in [0.2, 0.25) is 5.02 Å². The van der Waals surface area contributed by atoms with Crippen LogP contribution in [-0.4, -0.2) is 31.8 Å². The average molecular weight is 388 g/mol. The van der Waals surface area contributed by atoms with Gasteiger partial charge in [-0.1, -0.05) is 29.8 Å². The number of hydrogen-bond donors (Lipinski definition) is 0. The smallest absolute Gasteiger partial charge is 0.332 e. The summed E-state index contributed by atoms with van der Waals surface area (Å²) in [5.41, 5.74) is 1.04. The molecule has 0 bridgehead atoms. The predicted molar refractivity (Wildman–Crippen MR) is 107 cm³/mol. The van der Waals surface area contributed by atoms with Crippen molar-refractivity contribution < 1.29 is 0 Å². The van der Waals surface area contributed by atoms with E-state index >= 15 is 0 Å². The van der Waals surface area contributed by atoms with E-state index in [1.807, 2.05) is 28.8 Å². The molecular formula is C19H22ClN5O2. The maximum absolute atomic E-state index is 12.9. The molecule has 0 atom stereocenters. The van der Waals surface area contributed by atoms with Gasteiger partial charge in [0, 0.05) is 32.2 Å². The number of nitrogens with zero attached hydrogens (tertiary/aromatic N) is 5. The van der Waals surface area contributed by atoms with Gasteiger partial charge in [0.05, 0.1) is 6.54 Å². The van der Waals surface area contributed by atoms with Gasteiger partial charge in [-0.15, -0.1) is 0 Å². The van der Waals surface area contributed by atoms with Crippen LogP contribution in [0.15, 0.2) is 33.9 Å². The highest BCUT2D eigenvalue weighted by Gasteiger charge is 2.24. The molecule has 3 aromatic rings. The zero-order chi connectivity index (χ0) is 19.1. The summed E-state index contributed by atoms with van der Waals surface area (Å²) in [5, 5.41) is 0.644. The van der Waals surface area contributed by atoms with Gasteiger partial charge in [0.15, 0.2) is 11.2 Å². The molecule has 3 heterocycles. The van der Waals surface area contributed by atoms with E-state index in [9.17, 15) is 9.59 Å². The lowest BCUT2D eigenvalue weighted by molar-refractivity contribution is 0.560. The highest BCUT2D eigenvalue weighted by Crippen LogP contribution is 2.26. The number of aryl methyl sites for hydroxylation is 1. The van der Waals surface area contributed by atoms with Crippen LogP contribution < -0.4 is 16.1 Å². The summed E-state index contributed by atoms with van der Waals surface area (Å²) in [6.45, 7) is 2.20. The molecule has 0 spiro atoms. The summed E-state index contributed by atoms with van der Waals surface area (Å²) >= 11 is 6.37. The van der Waals surface area contributed by atoms with Crippen molar-refractivity contribution in [3.8, 4) is 0 Å². The van der Waals surface area contributed by atoms with Crippen molar-refractivity contribution in [3.63, 3.8) is 0 Å². The van der Waals surface area contributed by atoms with Crippen molar-refractivity contribution in [2.45, 2.75) is 25.8 Å². The van der Waals surface area contributed by atoms with E-state index in [-0.39, 0.29) is 11.2 Å². The van der Waals surface area contributed by atoms with Crippen molar-refractivity contribution in [2.24, 2.45) is 14.1 Å². The van der Waals surface area contributed by atoms with Crippen LogP contribution in [0.1, 0.15) is 24.8 Å². The summed E-state index contributed by atoms with van der Waals surface area (Å²) in [7, 11) is 3.15. The Morgan fingerprint density at radius 1 is 1.04 bits per heavy atom.